The van der Waals surface area contributed by atoms with Crippen molar-refractivity contribution in [1.29, 1.82) is 0 Å². The normalized spacial score (nSPS) is 20.2. The van der Waals surface area contributed by atoms with Gasteiger partial charge in [-0.25, -0.2) is 0 Å². The summed E-state index contributed by atoms with van der Waals surface area (Å²) in [6, 6.07) is 5.83. The van der Waals surface area contributed by atoms with Gasteiger partial charge in [0.2, 0.25) is 0 Å². The highest BCUT2D eigenvalue weighted by Gasteiger charge is 2.20. The highest BCUT2D eigenvalue weighted by Crippen LogP contribution is 2.28. The van der Waals surface area contributed by atoms with Crippen LogP contribution in [-0.2, 0) is 0 Å². The lowest BCUT2D eigenvalue weighted by molar-refractivity contribution is 0.244. The van der Waals surface area contributed by atoms with E-state index >= 15 is 0 Å². The lowest BCUT2D eigenvalue weighted by Gasteiger charge is -2.34. The number of piperidine rings is 1. The molecule has 1 aromatic rings. The van der Waals surface area contributed by atoms with E-state index in [0.717, 1.165) is 36.1 Å². The van der Waals surface area contributed by atoms with Crippen LogP contribution in [0.1, 0.15) is 24.8 Å². The molecule has 6 heteroatoms. The topological polar surface area (TPSA) is 82.1 Å². The van der Waals surface area contributed by atoms with E-state index in [-0.39, 0.29) is 12.4 Å². The van der Waals surface area contributed by atoms with Crippen molar-refractivity contribution < 1.29 is 10.3 Å². The van der Waals surface area contributed by atoms with Crippen molar-refractivity contribution in [1.82, 2.24) is 0 Å². The van der Waals surface area contributed by atoms with Gasteiger partial charge in [0.1, 0.15) is 0 Å². The molecule has 1 fully saturated rings. The molecule has 110 valence electrons. The van der Waals surface area contributed by atoms with E-state index in [2.05, 4.69) is 26.0 Å². The molecule has 0 aliphatic carbocycles. The molecular weight excluding hydrogens is 322 g/mol. The standard InChI is InChI=1S/C14H20BrN3O2/c15-13-8-11(3-4-12(13)14(16)17-20)18-6-1-2-10(9-18)5-7-19/h3-4,8,10,19-20H,1-2,5-7,9H2,(H2,16,17). The van der Waals surface area contributed by atoms with Crippen LogP contribution in [0.15, 0.2) is 27.8 Å². The average molecular weight is 342 g/mol. The van der Waals surface area contributed by atoms with Crippen LogP contribution in [-0.4, -0.2) is 35.8 Å². The summed E-state index contributed by atoms with van der Waals surface area (Å²) in [5.74, 6) is 0.650. The van der Waals surface area contributed by atoms with Gasteiger partial charge in [0.05, 0.1) is 0 Å². The van der Waals surface area contributed by atoms with E-state index in [1.165, 1.54) is 6.42 Å². The third kappa shape index (κ3) is 3.43. The Bertz CT molecular complexity index is 491. The van der Waals surface area contributed by atoms with Crippen LogP contribution in [0.3, 0.4) is 0 Å². The summed E-state index contributed by atoms with van der Waals surface area (Å²) in [4.78, 5) is 2.32. The maximum Gasteiger partial charge on any atom is 0.171 e. The third-order valence-corrected chi connectivity index (χ3v) is 4.41. The molecule has 1 unspecified atom stereocenters. The molecule has 1 aliphatic heterocycles. The number of halogens is 1. The number of anilines is 1. The molecule has 1 atom stereocenters. The summed E-state index contributed by atoms with van der Waals surface area (Å²) in [7, 11) is 0. The molecule has 0 spiro atoms. The molecule has 4 N–H and O–H groups in total. The minimum absolute atomic E-state index is 0.0974. The first-order chi connectivity index (χ1) is 9.65. The first-order valence-electron chi connectivity index (χ1n) is 6.79. The van der Waals surface area contributed by atoms with Crippen LogP contribution >= 0.6 is 15.9 Å². The Morgan fingerprint density at radius 1 is 1.50 bits per heavy atom. The van der Waals surface area contributed by atoms with Gasteiger partial charge in [0.25, 0.3) is 0 Å². The Hall–Kier alpha value is -1.27. The second-order valence-electron chi connectivity index (χ2n) is 5.12. The Kier molecular flexibility index (Phi) is 5.25. The Balaban J connectivity index is 2.15. The van der Waals surface area contributed by atoms with E-state index in [1.54, 1.807) is 0 Å². The summed E-state index contributed by atoms with van der Waals surface area (Å²) in [5, 5.41) is 20.8. The predicted molar refractivity (Wildman–Crippen MR) is 83.3 cm³/mol. The minimum Gasteiger partial charge on any atom is -0.409 e. The van der Waals surface area contributed by atoms with Crippen molar-refractivity contribution >= 4 is 27.5 Å². The van der Waals surface area contributed by atoms with E-state index in [9.17, 15) is 0 Å². The number of hydrogen-bond acceptors (Lipinski definition) is 4. The highest BCUT2D eigenvalue weighted by molar-refractivity contribution is 9.10. The molecule has 1 aliphatic rings. The number of hydrogen-bond donors (Lipinski definition) is 3. The van der Waals surface area contributed by atoms with Gasteiger partial charge >= 0.3 is 0 Å². The minimum atomic E-state index is 0.0974. The quantitative estimate of drug-likeness (QED) is 0.339. The van der Waals surface area contributed by atoms with Crippen LogP contribution in [0.25, 0.3) is 0 Å². The molecule has 1 aromatic carbocycles. The van der Waals surface area contributed by atoms with Crippen LogP contribution < -0.4 is 10.6 Å². The van der Waals surface area contributed by atoms with Gasteiger partial charge in [-0.1, -0.05) is 5.16 Å². The number of oxime groups is 1. The van der Waals surface area contributed by atoms with Crippen molar-refractivity contribution in [2.75, 3.05) is 24.6 Å². The molecular formula is C14H20BrN3O2. The molecule has 1 saturated heterocycles. The molecule has 0 bridgehead atoms. The SMILES string of the molecule is N/C(=N/O)c1ccc(N2CCCC(CCO)C2)cc1Br. The van der Waals surface area contributed by atoms with Crippen LogP contribution in [0.5, 0.6) is 0 Å². The smallest absolute Gasteiger partial charge is 0.171 e. The fourth-order valence-corrected chi connectivity index (χ4v) is 3.25. The number of amidine groups is 1. The van der Waals surface area contributed by atoms with Gasteiger partial charge in [-0.15, -0.1) is 0 Å². The summed E-state index contributed by atoms with van der Waals surface area (Å²) in [6.45, 7) is 2.25. The van der Waals surface area contributed by atoms with Crippen molar-refractivity contribution in [3.8, 4) is 0 Å². The number of benzene rings is 1. The first kappa shape index (κ1) is 15.1. The molecule has 0 aromatic heterocycles. The zero-order chi connectivity index (χ0) is 14.5. The van der Waals surface area contributed by atoms with Crippen LogP contribution in [0, 0.1) is 5.92 Å². The molecule has 20 heavy (non-hydrogen) atoms. The molecule has 0 amide bonds. The summed E-state index contributed by atoms with van der Waals surface area (Å²) < 4.78 is 0.814. The van der Waals surface area contributed by atoms with Crippen LogP contribution in [0.4, 0.5) is 5.69 Å². The maximum absolute atomic E-state index is 9.07. The van der Waals surface area contributed by atoms with Gasteiger partial charge in [-0.3, -0.25) is 0 Å². The zero-order valence-electron chi connectivity index (χ0n) is 11.3. The Morgan fingerprint density at radius 3 is 2.95 bits per heavy atom. The molecule has 0 saturated carbocycles. The second kappa shape index (κ2) is 6.95. The molecule has 0 radical (unpaired) electrons. The van der Waals surface area contributed by atoms with Gasteiger partial charge in [0.15, 0.2) is 5.84 Å². The van der Waals surface area contributed by atoms with Gasteiger partial charge in [-0.2, -0.15) is 0 Å². The van der Waals surface area contributed by atoms with E-state index in [4.69, 9.17) is 16.0 Å². The Morgan fingerprint density at radius 2 is 2.30 bits per heavy atom. The fraction of sp³-hybridized carbons (Fsp3) is 0.500. The number of aliphatic hydroxyl groups is 1. The number of nitrogens with zero attached hydrogens (tertiary/aromatic N) is 2. The summed E-state index contributed by atoms with van der Waals surface area (Å²) >= 11 is 3.46. The zero-order valence-corrected chi connectivity index (χ0v) is 12.9. The lowest BCUT2D eigenvalue weighted by Crippen LogP contribution is -2.35. The van der Waals surface area contributed by atoms with Crippen LogP contribution in [0.2, 0.25) is 0 Å². The van der Waals surface area contributed by atoms with Gasteiger partial charge in [-0.05, 0) is 59.3 Å². The second-order valence-corrected chi connectivity index (χ2v) is 5.97. The monoisotopic (exact) mass is 341 g/mol. The number of aliphatic hydroxyl groups excluding tert-OH is 1. The number of rotatable bonds is 4. The van der Waals surface area contributed by atoms with Crippen molar-refractivity contribution in [3.05, 3.63) is 28.2 Å². The third-order valence-electron chi connectivity index (χ3n) is 3.76. The molecule has 2 rings (SSSR count). The van der Waals surface area contributed by atoms with Crippen molar-refractivity contribution in [2.24, 2.45) is 16.8 Å². The average Bonchev–Trinajstić information content (AvgIpc) is 2.47. The van der Waals surface area contributed by atoms with E-state index in [0.29, 0.717) is 11.5 Å². The van der Waals surface area contributed by atoms with Crippen molar-refractivity contribution in [2.45, 2.75) is 19.3 Å². The van der Waals surface area contributed by atoms with Gasteiger partial charge in [0, 0.05) is 35.4 Å². The highest BCUT2D eigenvalue weighted by atomic mass is 79.9. The Labute approximate surface area is 127 Å². The number of nitrogens with two attached hydrogens (primary N) is 1. The fourth-order valence-electron chi connectivity index (χ4n) is 2.68. The summed E-state index contributed by atoms with van der Waals surface area (Å²) in [5.41, 5.74) is 7.41. The maximum atomic E-state index is 9.07. The summed E-state index contributed by atoms with van der Waals surface area (Å²) in [6.07, 6.45) is 3.19. The lowest BCUT2D eigenvalue weighted by atomic mass is 9.94. The predicted octanol–water partition coefficient (Wildman–Crippen LogP) is 2.14. The van der Waals surface area contributed by atoms with Crippen molar-refractivity contribution in [3.63, 3.8) is 0 Å². The largest absolute Gasteiger partial charge is 0.409 e. The molecule has 1 heterocycles. The van der Waals surface area contributed by atoms with Gasteiger partial charge < -0.3 is 20.9 Å². The molecule has 5 nitrogen and oxygen atoms in total. The first-order valence-corrected chi connectivity index (χ1v) is 7.58. The van der Waals surface area contributed by atoms with E-state index < -0.39 is 0 Å². The van der Waals surface area contributed by atoms with E-state index in [1.807, 2.05) is 18.2 Å².